The zero-order valence-corrected chi connectivity index (χ0v) is 13.6. The highest BCUT2D eigenvalue weighted by Gasteiger charge is 2.20. The van der Waals surface area contributed by atoms with E-state index in [4.69, 9.17) is 5.11 Å². The number of nitrogens with one attached hydrogen (secondary N) is 1. The van der Waals surface area contributed by atoms with Crippen molar-refractivity contribution in [2.45, 2.75) is 50.3 Å². The first-order valence-electron chi connectivity index (χ1n) is 6.56. The van der Waals surface area contributed by atoms with E-state index in [1.54, 1.807) is 0 Å². The van der Waals surface area contributed by atoms with Crippen LogP contribution in [0.25, 0.3) is 0 Å². The minimum absolute atomic E-state index is 0.00263. The maximum atomic E-state index is 12.1. The van der Waals surface area contributed by atoms with Gasteiger partial charge in [0, 0.05) is 11.4 Å². The molecule has 114 valence electrons. The molecule has 0 amide bonds. The highest BCUT2D eigenvalue weighted by atomic mass is 32.2. The first-order chi connectivity index (χ1) is 9.22. The largest absolute Gasteiger partial charge is 0.478 e. The van der Waals surface area contributed by atoms with Crippen molar-refractivity contribution in [2.24, 2.45) is 5.92 Å². The van der Waals surface area contributed by atoms with E-state index in [1.165, 1.54) is 11.4 Å². The molecule has 2 N–H and O–H groups in total. The van der Waals surface area contributed by atoms with Crippen LogP contribution < -0.4 is 4.72 Å². The lowest BCUT2D eigenvalue weighted by Crippen LogP contribution is -2.32. The zero-order chi connectivity index (χ0) is 15.3. The van der Waals surface area contributed by atoms with Crippen LogP contribution in [0.1, 0.15) is 50.4 Å². The van der Waals surface area contributed by atoms with Crippen molar-refractivity contribution < 1.29 is 18.3 Å². The third-order valence-corrected chi connectivity index (χ3v) is 5.89. The standard InChI is InChI=1S/C13H21NO4S2/c1-9(2)5-4-6-10(3)14-20(17,18)12-7-11(8-19-12)13(15)16/h7-10,14H,4-6H2,1-3H3,(H,15,16). The van der Waals surface area contributed by atoms with Crippen LogP contribution in [-0.4, -0.2) is 25.5 Å². The molecule has 1 aromatic rings. The van der Waals surface area contributed by atoms with Gasteiger partial charge in [0.25, 0.3) is 0 Å². The summed E-state index contributed by atoms with van der Waals surface area (Å²) in [6.45, 7) is 6.09. The van der Waals surface area contributed by atoms with Crippen LogP contribution in [0.2, 0.25) is 0 Å². The lowest BCUT2D eigenvalue weighted by Gasteiger charge is -2.13. The second-order valence-corrected chi connectivity index (χ2v) is 8.16. The average Bonchev–Trinajstić information content (AvgIpc) is 2.77. The number of aromatic carboxylic acids is 1. The maximum Gasteiger partial charge on any atom is 0.336 e. The van der Waals surface area contributed by atoms with Gasteiger partial charge in [-0.15, -0.1) is 11.3 Å². The third kappa shape index (κ3) is 5.22. The predicted octanol–water partition coefficient (Wildman–Crippen LogP) is 2.94. The van der Waals surface area contributed by atoms with Gasteiger partial charge in [-0.2, -0.15) is 0 Å². The Morgan fingerprint density at radius 1 is 1.35 bits per heavy atom. The molecule has 1 atom stereocenters. The van der Waals surface area contributed by atoms with E-state index in [9.17, 15) is 13.2 Å². The van der Waals surface area contributed by atoms with Gasteiger partial charge < -0.3 is 5.11 Å². The van der Waals surface area contributed by atoms with Crippen LogP contribution in [0, 0.1) is 5.92 Å². The van der Waals surface area contributed by atoms with E-state index < -0.39 is 16.0 Å². The van der Waals surface area contributed by atoms with Gasteiger partial charge in [0.2, 0.25) is 10.0 Å². The number of rotatable bonds is 8. The van der Waals surface area contributed by atoms with Gasteiger partial charge >= 0.3 is 5.97 Å². The first-order valence-corrected chi connectivity index (χ1v) is 8.93. The molecular formula is C13H21NO4S2. The average molecular weight is 319 g/mol. The quantitative estimate of drug-likeness (QED) is 0.771. The maximum absolute atomic E-state index is 12.1. The molecule has 1 unspecified atom stereocenters. The number of carboxylic acid groups (broad SMARTS) is 1. The molecule has 0 aliphatic rings. The Bertz CT molecular complexity index is 548. The Hall–Kier alpha value is -0.920. The van der Waals surface area contributed by atoms with Gasteiger partial charge in [-0.1, -0.05) is 26.7 Å². The van der Waals surface area contributed by atoms with Crippen LogP contribution in [0.15, 0.2) is 15.7 Å². The van der Waals surface area contributed by atoms with Gasteiger partial charge in [-0.25, -0.2) is 17.9 Å². The van der Waals surface area contributed by atoms with E-state index >= 15 is 0 Å². The van der Waals surface area contributed by atoms with Gasteiger partial charge in [-0.3, -0.25) is 0 Å². The molecule has 0 saturated heterocycles. The summed E-state index contributed by atoms with van der Waals surface area (Å²) in [5.41, 5.74) is 0.00263. The number of hydrogen-bond acceptors (Lipinski definition) is 4. The Balaban J connectivity index is 2.62. The molecule has 0 saturated carbocycles. The SMILES string of the molecule is CC(C)CCCC(C)NS(=O)(=O)c1cc(C(=O)O)cs1. The fraction of sp³-hybridized carbons (Fsp3) is 0.615. The number of carbonyl (C=O) groups is 1. The Labute approximate surface area is 124 Å². The summed E-state index contributed by atoms with van der Waals surface area (Å²) in [6.07, 6.45) is 2.80. The van der Waals surface area contributed by atoms with Crippen molar-refractivity contribution in [3.05, 3.63) is 17.0 Å². The van der Waals surface area contributed by atoms with Crippen molar-refractivity contribution in [3.8, 4) is 0 Å². The Morgan fingerprint density at radius 2 is 2.00 bits per heavy atom. The van der Waals surface area contributed by atoms with Crippen molar-refractivity contribution in [3.63, 3.8) is 0 Å². The summed E-state index contributed by atoms with van der Waals surface area (Å²) in [5.74, 6) is -0.512. The van der Waals surface area contributed by atoms with E-state index in [0.717, 1.165) is 30.6 Å². The zero-order valence-electron chi connectivity index (χ0n) is 11.9. The summed E-state index contributed by atoms with van der Waals surface area (Å²) in [7, 11) is -3.62. The van der Waals surface area contributed by atoms with Gasteiger partial charge in [0.05, 0.1) is 5.56 Å². The fourth-order valence-corrected chi connectivity index (χ4v) is 4.23. The molecule has 20 heavy (non-hydrogen) atoms. The molecule has 0 spiro atoms. The van der Waals surface area contributed by atoms with Crippen molar-refractivity contribution in [2.75, 3.05) is 0 Å². The molecule has 0 radical (unpaired) electrons. The first kappa shape index (κ1) is 17.1. The topological polar surface area (TPSA) is 83.5 Å². The Morgan fingerprint density at radius 3 is 2.50 bits per heavy atom. The number of hydrogen-bond donors (Lipinski definition) is 2. The molecule has 5 nitrogen and oxygen atoms in total. The smallest absolute Gasteiger partial charge is 0.336 e. The summed E-state index contributed by atoms with van der Waals surface area (Å²) in [4.78, 5) is 10.8. The minimum atomic E-state index is -3.62. The summed E-state index contributed by atoms with van der Waals surface area (Å²) >= 11 is 0.924. The minimum Gasteiger partial charge on any atom is -0.478 e. The summed E-state index contributed by atoms with van der Waals surface area (Å²) in [5, 5.41) is 10.1. The van der Waals surface area contributed by atoms with Crippen LogP contribution in [0.4, 0.5) is 0 Å². The van der Waals surface area contributed by atoms with E-state index in [2.05, 4.69) is 18.6 Å². The molecule has 7 heteroatoms. The summed E-state index contributed by atoms with van der Waals surface area (Å²) in [6, 6.07) is 1.03. The Kier molecular flexibility index (Phi) is 6.16. The fourth-order valence-electron chi connectivity index (χ4n) is 1.78. The second kappa shape index (κ2) is 7.19. The van der Waals surface area contributed by atoms with Gasteiger partial charge in [-0.05, 0) is 25.3 Å². The number of sulfonamides is 1. The molecule has 0 aromatic carbocycles. The van der Waals surface area contributed by atoms with Crippen LogP contribution in [0.3, 0.4) is 0 Å². The van der Waals surface area contributed by atoms with Crippen molar-refractivity contribution in [1.29, 1.82) is 0 Å². The molecule has 0 fully saturated rings. The van der Waals surface area contributed by atoms with E-state index in [1.807, 2.05) is 6.92 Å². The molecule has 0 aliphatic carbocycles. The molecule has 0 bridgehead atoms. The number of carboxylic acids is 1. The monoisotopic (exact) mass is 319 g/mol. The highest BCUT2D eigenvalue weighted by Crippen LogP contribution is 2.21. The van der Waals surface area contributed by atoms with Crippen molar-refractivity contribution >= 4 is 27.3 Å². The van der Waals surface area contributed by atoms with Crippen LogP contribution >= 0.6 is 11.3 Å². The molecule has 0 aliphatic heterocycles. The summed E-state index contributed by atoms with van der Waals surface area (Å²) < 4.78 is 26.8. The van der Waals surface area contributed by atoms with Crippen LogP contribution in [0.5, 0.6) is 0 Å². The van der Waals surface area contributed by atoms with Crippen molar-refractivity contribution in [1.82, 2.24) is 4.72 Å². The van der Waals surface area contributed by atoms with Crippen LogP contribution in [-0.2, 0) is 10.0 Å². The molecule has 1 aromatic heterocycles. The second-order valence-electron chi connectivity index (χ2n) is 5.31. The molecular weight excluding hydrogens is 298 g/mol. The molecule has 1 rings (SSSR count). The predicted molar refractivity (Wildman–Crippen MR) is 79.8 cm³/mol. The van der Waals surface area contributed by atoms with Gasteiger partial charge in [0.15, 0.2) is 0 Å². The normalized spacial score (nSPS) is 13.6. The van der Waals surface area contributed by atoms with E-state index in [0.29, 0.717) is 5.92 Å². The number of thiophene rings is 1. The van der Waals surface area contributed by atoms with Gasteiger partial charge in [0.1, 0.15) is 4.21 Å². The lowest BCUT2D eigenvalue weighted by molar-refractivity contribution is 0.0697. The molecule has 1 heterocycles. The lowest BCUT2D eigenvalue weighted by atomic mass is 10.0. The third-order valence-electron chi connectivity index (χ3n) is 2.86. The highest BCUT2D eigenvalue weighted by molar-refractivity contribution is 7.91. The van der Waals surface area contributed by atoms with E-state index in [-0.39, 0.29) is 15.8 Å².